The summed E-state index contributed by atoms with van der Waals surface area (Å²) in [5, 5.41) is 13.2. The van der Waals surface area contributed by atoms with Crippen molar-refractivity contribution < 1.29 is 31.4 Å². The summed E-state index contributed by atoms with van der Waals surface area (Å²) in [4.78, 5) is 7.74. The highest BCUT2D eigenvalue weighted by Gasteiger charge is 2.38. The third-order valence-electron chi connectivity index (χ3n) is 5.62. The lowest BCUT2D eigenvalue weighted by atomic mass is 10.1. The second kappa shape index (κ2) is 9.84. The van der Waals surface area contributed by atoms with Crippen LogP contribution in [0, 0.1) is 0 Å². The van der Waals surface area contributed by atoms with Crippen molar-refractivity contribution in [3.63, 3.8) is 0 Å². The number of nitrogens with zero attached hydrogens (tertiary/aromatic N) is 3. The number of hydrogen-bond acceptors (Lipinski definition) is 7. The topological polar surface area (TPSA) is 117 Å². The molecule has 2 heterocycles. The Morgan fingerprint density at radius 2 is 1.84 bits per heavy atom. The Balaban J connectivity index is 1.73. The van der Waals surface area contributed by atoms with Gasteiger partial charge >= 0.3 is 6.18 Å². The fourth-order valence-electron chi connectivity index (χ4n) is 3.81. The number of aromatic nitrogens is 2. The lowest BCUT2D eigenvalue weighted by Gasteiger charge is -2.31. The Bertz CT molecular complexity index is 847. The Hall–Kier alpha value is -1.70. The van der Waals surface area contributed by atoms with E-state index in [1.165, 1.54) is 11.4 Å². The van der Waals surface area contributed by atoms with Crippen LogP contribution in [0.25, 0.3) is 0 Å². The molecule has 2 fully saturated rings. The molecule has 0 spiro atoms. The van der Waals surface area contributed by atoms with E-state index in [0.717, 1.165) is 19.3 Å². The smallest absolute Gasteiger partial charge is 0.423 e. The second-order valence-electron chi connectivity index (χ2n) is 7.80. The van der Waals surface area contributed by atoms with Crippen molar-refractivity contribution in [1.82, 2.24) is 19.0 Å². The van der Waals surface area contributed by atoms with E-state index in [9.17, 15) is 26.7 Å². The average molecular weight is 468 g/mol. The molecular formula is C18H28F3N5O4S. The predicted molar refractivity (Wildman–Crippen MR) is 107 cm³/mol. The van der Waals surface area contributed by atoms with Gasteiger partial charge in [0.1, 0.15) is 11.7 Å². The van der Waals surface area contributed by atoms with Crippen molar-refractivity contribution in [2.75, 3.05) is 25.5 Å². The first-order valence-corrected chi connectivity index (χ1v) is 11.8. The zero-order chi connectivity index (χ0) is 22.6. The van der Waals surface area contributed by atoms with E-state index in [1.807, 2.05) is 0 Å². The molecule has 1 saturated heterocycles. The number of anilines is 1. The van der Waals surface area contributed by atoms with Crippen LogP contribution in [0.5, 0.6) is 5.88 Å². The zero-order valence-electron chi connectivity index (χ0n) is 17.2. The maximum absolute atomic E-state index is 13.4. The van der Waals surface area contributed by atoms with Crippen molar-refractivity contribution in [2.45, 2.75) is 69.4 Å². The molecule has 3 rings (SSSR count). The number of aliphatic hydroxyl groups is 1. The molecule has 176 valence electrons. The minimum absolute atomic E-state index is 0.0268. The number of hydrogen-bond donors (Lipinski definition) is 3. The van der Waals surface area contributed by atoms with Crippen molar-refractivity contribution in [3.05, 3.63) is 11.8 Å². The van der Waals surface area contributed by atoms with Crippen LogP contribution in [0.1, 0.15) is 50.5 Å². The summed E-state index contributed by atoms with van der Waals surface area (Å²) in [5.74, 6) is -0.632. The number of halogens is 3. The average Bonchev–Trinajstić information content (AvgIpc) is 2.92. The predicted octanol–water partition coefficient (Wildman–Crippen LogP) is 1.91. The lowest BCUT2D eigenvalue weighted by Crippen LogP contribution is -2.46. The molecule has 1 aliphatic carbocycles. The summed E-state index contributed by atoms with van der Waals surface area (Å²) >= 11 is 0. The SMILES string of the molecule is CNS(=O)(=O)N1CCC(Nc2ncc(C(F)(F)F)c(O[C@@H]3CCCCC[C@@H]3O)n2)CC1. The molecule has 3 N–H and O–H groups in total. The van der Waals surface area contributed by atoms with E-state index in [4.69, 9.17) is 4.74 Å². The molecule has 31 heavy (non-hydrogen) atoms. The zero-order valence-corrected chi connectivity index (χ0v) is 18.0. The fraction of sp³-hybridized carbons (Fsp3) is 0.778. The first-order chi connectivity index (χ1) is 14.6. The van der Waals surface area contributed by atoms with Crippen LogP contribution in [-0.2, 0) is 16.4 Å². The van der Waals surface area contributed by atoms with Crippen LogP contribution < -0.4 is 14.8 Å². The molecule has 1 aliphatic heterocycles. The minimum Gasteiger partial charge on any atom is -0.471 e. The summed E-state index contributed by atoms with van der Waals surface area (Å²) < 4.78 is 73.2. The van der Waals surface area contributed by atoms with Gasteiger partial charge in [0.25, 0.3) is 10.2 Å². The van der Waals surface area contributed by atoms with Gasteiger partial charge in [0.05, 0.1) is 6.10 Å². The molecule has 2 atom stereocenters. The fourth-order valence-corrected chi connectivity index (χ4v) is 4.76. The lowest BCUT2D eigenvalue weighted by molar-refractivity contribution is -0.140. The molecule has 0 amide bonds. The Kier molecular flexibility index (Phi) is 7.60. The van der Waals surface area contributed by atoms with E-state index in [-0.39, 0.29) is 25.1 Å². The van der Waals surface area contributed by atoms with Crippen molar-refractivity contribution in [2.24, 2.45) is 0 Å². The summed E-state index contributed by atoms with van der Waals surface area (Å²) in [6.07, 6.45) is -1.38. The van der Waals surface area contributed by atoms with Gasteiger partial charge in [-0.3, -0.25) is 0 Å². The van der Waals surface area contributed by atoms with Crippen LogP contribution in [0.3, 0.4) is 0 Å². The summed E-state index contributed by atoms with van der Waals surface area (Å²) in [7, 11) is -2.18. The molecule has 1 aromatic rings. The van der Waals surface area contributed by atoms with E-state index in [1.54, 1.807) is 0 Å². The van der Waals surface area contributed by atoms with E-state index < -0.39 is 40.0 Å². The van der Waals surface area contributed by atoms with Gasteiger partial charge in [0.15, 0.2) is 0 Å². The third-order valence-corrected chi connectivity index (χ3v) is 7.19. The Morgan fingerprint density at radius 1 is 1.16 bits per heavy atom. The standard InChI is InChI=1S/C18H28F3N5O4S/c1-22-31(28,29)26-9-7-12(8-10-26)24-17-23-11-13(18(19,20)21)16(25-17)30-15-6-4-2-3-5-14(15)27/h11-12,14-15,22,27H,2-10H2,1H3,(H,23,24,25)/t14-,15+/m0/s1. The van der Waals surface area contributed by atoms with Gasteiger partial charge in [-0.2, -0.15) is 30.9 Å². The summed E-state index contributed by atoms with van der Waals surface area (Å²) in [6.45, 7) is 0.526. The highest BCUT2D eigenvalue weighted by Crippen LogP contribution is 2.36. The molecule has 0 aromatic carbocycles. The van der Waals surface area contributed by atoms with Crippen LogP contribution in [-0.4, -0.2) is 66.2 Å². The van der Waals surface area contributed by atoms with Crippen LogP contribution in [0.15, 0.2) is 6.20 Å². The summed E-state index contributed by atoms with van der Waals surface area (Å²) in [5.41, 5.74) is -1.09. The van der Waals surface area contributed by atoms with Crippen molar-refractivity contribution in [3.8, 4) is 5.88 Å². The first-order valence-electron chi connectivity index (χ1n) is 10.3. The molecular weight excluding hydrogens is 439 g/mol. The highest BCUT2D eigenvalue weighted by atomic mass is 32.2. The van der Waals surface area contributed by atoms with E-state index in [0.29, 0.717) is 31.9 Å². The second-order valence-corrected chi connectivity index (χ2v) is 9.67. The van der Waals surface area contributed by atoms with Gasteiger partial charge in [-0.25, -0.2) is 9.71 Å². The number of ether oxygens (including phenoxy) is 1. The molecule has 0 unspecified atom stereocenters. The van der Waals surface area contributed by atoms with Crippen molar-refractivity contribution in [1.29, 1.82) is 0 Å². The van der Waals surface area contributed by atoms with Gasteiger partial charge in [-0.05, 0) is 32.1 Å². The number of nitrogens with one attached hydrogen (secondary N) is 2. The molecule has 9 nitrogen and oxygen atoms in total. The number of piperidine rings is 1. The number of aliphatic hydroxyl groups excluding tert-OH is 1. The van der Waals surface area contributed by atoms with Gasteiger partial charge in [0, 0.05) is 32.4 Å². The molecule has 0 radical (unpaired) electrons. The maximum atomic E-state index is 13.4. The van der Waals surface area contributed by atoms with Gasteiger partial charge in [-0.15, -0.1) is 0 Å². The Morgan fingerprint density at radius 3 is 2.48 bits per heavy atom. The van der Waals surface area contributed by atoms with Gasteiger partial charge < -0.3 is 15.2 Å². The molecule has 1 aromatic heterocycles. The quantitative estimate of drug-likeness (QED) is 0.547. The number of rotatable bonds is 6. The normalized spacial score (nSPS) is 24.5. The van der Waals surface area contributed by atoms with Gasteiger partial charge in [-0.1, -0.05) is 12.8 Å². The van der Waals surface area contributed by atoms with Crippen LogP contribution >= 0.6 is 0 Å². The third kappa shape index (κ3) is 6.18. The minimum atomic E-state index is -4.70. The van der Waals surface area contributed by atoms with E-state index in [2.05, 4.69) is 20.0 Å². The first kappa shape index (κ1) is 24.0. The van der Waals surface area contributed by atoms with Gasteiger partial charge in [0.2, 0.25) is 11.8 Å². The molecule has 2 aliphatic rings. The summed E-state index contributed by atoms with van der Waals surface area (Å²) in [6, 6.07) is -0.198. The molecule has 0 bridgehead atoms. The maximum Gasteiger partial charge on any atom is 0.423 e. The highest BCUT2D eigenvalue weighted by molar-refractivity contribution is 7.87. The molecule has 13 heteroatoms. The van der Waals surface area contributed by atoms with E-state index >= 15 is 0 Å². The van der Waals surface area contributed by atoms with Crippen LogP contribution in [0.4, 0.5) is 19.1 Å². The Labute approximate surface area is 179 Å². The monoisotopic (exact) mass is 467 g/mol. The van der Waals surface area contributed by atoms with Crippen molar-refractivity contribution >= 4 is 16.2 Å². The number of alkyl halides is 3. The van der Waals surface area contributed by atoms with Crippen LogP contribution in [0.2, 0.25) is 0 Å². The molecule has 1 saturated carbocycles. The largest absolute Gasteiger partial charge is 0.471 e.